The first kappa shape index (κ1) is 15.1. The van der Waals surface area contributed by atoms with E-state index in [9.17, 15) is 4.79 Å². The molecule has 1 amide bonds. The van der Waals surface area contributed by atoms with E-state index in [0.29, 0.717) is 5.71 Å². The molecule has 2 aromatic carbocycles. The Hall–Kier alpha value is -2.33. The summed E-state index contributed by atoms with van der Waals surface area (Å²) < 4.78 is 5.14. The molecule has 0 atom stereocenters. The standard InChI is InChI=1S/C16H15ClN2O2/c1-21-14-9-7-13(8-10-14)16(19-18-15(20)11-17)12-5-3-2-4-6-12/h2-10H,11H2,1H3,(H,18,20)/b19-16+. The maximum Gasteiger partial charge on any atom is 0.254 e. The number of hydrogen-bond acceptors (Lipinski definition) is 3. The number of benzene rings is 2. The molecule has 0 spiro atoms. The van der Waals surface area contributed by atoms with Crippen LogP contribution in [0.1, 0.15) is 11.1 Å². The lowest BCUT2D eigenvalue weighted by molar-refractivity contribution is -0.118. The third-order valence-corrected chi connectivity index (χ3v) is 3.07. The molecular formula is C16H15ClN2O2. The van der Waals surface area contributed by atoms with Crippen LogP contribution in [-0.2, 0) is 4.79 Å². The largest absolute Gasteiger partial charge is 0.497 e. The van der Waals surface area contributed by atoms with Crippen molar-refractivity contribution in [2.24, 2.45) is 5.10 Å². The van der Waals surface area contributed by atoms with E-state index in [-0.39, 0.29) is 11.8 Å². The average Bonchev–Trinajstić information content (AvgIpc) is 2.56. The van der Waals surface area contributed by atoms with E-state index in [2.05, 4.69) is 10.5 Å². The van der Waals surface area contributed by atoms with Gasteiger partial charge < -0.3 is 4.74 Å². The summed E-state index contributed by atoms with van der Waals surface area (Å²) in [6.07, 6.45) is 0. The van der Waals surface area contributed by atoms with Crippen LogP contribution in [0.25, 0.3) is 0 Å². The van der Waals surface area contributed by atoms with Crippen molar-refractivity contribution in [1.29, 1.82) is 0 Å². The van der Waals surface area contributed by atoms with Gasteiger partial charge >= 0.3 is 0 Å². The van der Waals surface area contributed by atoms with Crippen molar-refractivity contribution in [2.45, 2.75) is 0 Å². The molecule has 5 heteroatoms. The monoisotopic (exact) mass is 302 g/mol. The number of rotatable bonds is 5. The van der Waals surface area contributed by atoms with Crippen LogP contribution in [0.2, 0.25) is 0 Å². The van der Waals surface area contributed by atoms with E-state index in [1.165, 1.54) is 0 Å². The number of carbonyl (C=O) groups excluding carboxylic acids is 1. The summed E-state index contributed by atoms with van der Waals surface area (Å²) in [4.78, 5) is 11.3. The summed E-state index contributed by atoms with van der Waals surface area (Å²) in [6, 6.07) is 17.1. The fourth-order valence-electron chi connectivity index (χ4n) is 1.79. The Morgan fingerprint density at radius 2 is 1.71 bits per heavy atom. The Morgan fingerprint density at radius 1 is 1.10 bits per heavy atom. The quantitative estimate of drug-likeness (QED) is 0.524. The Morgan fingerprint density at radius 3 is 2.29 bits per heavy atom. The molecule has 0 unspecified atom stereocenters. The third kappa shape index (κ3) is 4.07. The Bertz CT molecular complexity index is 624. The van der Waals surface area contributed by atoms with Gasteiger partial charge in [0.1, 0.15) is 11.6 Å². The lowest BCUT2D eigenvalue weighted by Gasteiger charge is -2.08. The second kappa shape index (κ2) is 7.45. The topological polar surface area (TPSA) is 50.7 Å². The fourth-order valence-corrected chi connectivity index (χ4v) is 1.85. The Labute approximate surface area is 128 Å². The van der Waals surface area contributed by atoms with Crippen molar-refractivity contribution >= 4 is 23.2 Å². The van der Waals surface area contributed by atoms with Crippen LogP contribution in [0.15, 0.2) is 59.7 Å². The van der Waals surface area contributed by atoms with E-state index in [1.54, 1.807) is 7.11 Å². The van der Waals surface area contributed by atoms with Crippen LogP contribution in [0, 0.1) is 0 Å². The van der Waals surface area contributed by atoms with Crippen LogP contribution < -0.4 is 10.2 Å². The molecule has 0 saturated carbocycles. The molecule has 0 aliphatic heterocycles. The lowest BCUT2D eigenvalue weighted by atomic mass is 10.0. The molecule has 2 aromatic rings. The van der Waals surface area contributed by atoms with Crippen molar-refractivity contribution in [3.8, 4) is 5.75 Å². The zero-order valence-electron chi connectivity index (χ0n) is 11.5. The Kier molecular flexibility index (Phi) is 5.35. The van der Waals surface area contributed by atoms with E-state index in [1.807, 2.05) is 54.6 Å². The minimum absolute atomic E-state index is 0.131. The first-order valence-electron chi connectivity index (χ1n) is 6.37. The molecule has 0 heterocycles. The molecular weight excluding hydrogens is 288 g/mol. The molecule has 0 radical (unpaired) electrons. The predicted octanol–water partition coefficient (Wildman–Crippen LogP) is 2.80. The fraction of sp³-hybridized carbons (Fsp3) is 0.125. The Balaban J connectivity index is 2.37. The van der Waals surface area contributed by atoms with Gasteiger partial charge in [-0.3, -0.25) is 4.79 Å². The number of halogens is 1. The zero-order chi connectivity index (χ0) is 15.1. The molecule has 4 nitrogen and oxygen atoms in total. The molecule has 21 heavy (non-hydrogen) atoms. The van der Waals surface area contributed by atoms with Crippen molar-refractivity contribution < 1.29 is 9.53 Å². The van der Waals surface area contributed by atoms with Crippen LogP contribution in [-0.4, -0.2) is 24.6 Å². The summed E-state index contributed by atoms with van der Waals surface area (Å²) in [6.45, 7) is 0. The van der Waals surface area contributed by atoms with Gasteiger partial charge in [0, 0.05) is 11.1 Å². The SMILES string of the molecule is COc1ccc(/C(=N/NC(=O)CCl)c2ccccc2)cc1. The number of carbonyl (C=O) groups is 1. The molecule has 0 aliphatic rings. The van der Waals surface area contributed by atoms with Gasteiger partial charge in [-0.05, 0) is 24.3 Å². The van der Waals surface area contributed by atoms with Crippen LogP contribution in [0.4, 0.5) is 0 Å². The molecule has 0 saturated heterocycles. The summed E-state index contributed by atoms with van der Waals surface area (Å²) >= 11 is 5.47. The van der Waals surface area contributed by atoms with Crippen molar-refractivity contribution in [2.75, 3.05) is 13.0 Å². The second-order valence-electron chi connectivity index (χ2n) is 4.22. The molecule has 0 fully saturated rings. The smallest absolute Gasteiger partial charge is 0.254 e. The summed E-state index contributed by atoms with van der Waals surface area (Å²) in [5.74, 6) is 0.281. The van der Waals surface area contributed by atoms with E-state index < -0.39 is 0 Å². The van der Waals surface area contributed by atoms with Gasteiger partial charge in [0.25, 0.3) is 5.91 Å². The maximum absolute atomic E-state index is 11.3. The van der Waals surface area contributed by atoms with Crippen LogP contribution in [0.3, 0.4) is 0 Å². The minimum atomic E-state index is -0.349. The van der Waals surface area contributed by atoms with E-state index in [0.717, 1.165) is 16.9 Å². The molecule has 2 rings (SSSR count). The number of hydrogen-bond donors (Lipinski definition) is 1. The number of nitrogens with zero attached hydrogens (tertiary/aromatic N) is 1. The van der Waals surface area contributed by atoms with Gasteiger partial charge in [-0.2, -0.15) is 5.10 Å². The van der Waals surface area contributed by atoms with Crippen LogP contribution in [0.5, 0.6) is 5.75 Å². The number of alkyl halides is 1. The minimum Gasteiger partial charge on any atom is -0.497 e. The second-order valence-corrected chi connectivity index (χ2v) is 4.49. The normalized spacial score (nSPS) is 11.0. The van der Waals surface area contributed by atoms with Gasteiger partial charge in [-0.15, -0.1) is 11.6 Å². The maximum atomic E-state index is 11.3. The lowest BCUT2D eigenvalue weighted by Crippen LogP contribution is -2.21. The number of methoxy groups -OCH3 is 1. The highest BCUT2D eigenvalue weighted by Crippen LogP contribution is 2.15. The summed E-state index contributed by atoms with van der Waals surface area (Å²) in [5.41, 5.74) is 4.88. The highest BCUT2D eigenvalue weighted by atomic mass is 35.5. The van der Waals surface area contributed by atoms with E-state index in [4.69, 9.17) is 16.3 Å². The highest BCUT2D eigenvalue weighted by molar-refractivity contribution is 6.27. The average molecular weight is 303 g/mol. The number of amides is 1. The molecule has 108 valence electrons. The first-order valence-corrected chi connectivity index (χ1v) is 6.90. The van der Waals surface area contributed by atoms with Gasteiger partial charge in [0.15, 0.2) is 0 Å². The first-order chi connectivity index (χ1) is 10.2. The van der Waals surface area contributed by atoms with Crippen molar-refractivity contribution in [3.05, 3.63) is 65.7 Å². The predicted molar refractivity (Wildman–Crippen MR) is 83.9 cm³/mol. The summed E-state index contributed by atoms with van der Waals surface area (Å²) in [5, 5.41) is 4.18. The molecule has 1 N–H and O–H groups in total. The van der Waals surface area contributed by atoms with Gasteiger partial charge in [-0.1, -0.05) is 30.3 Å². The highest BCUT2D eigenvalue weighted by Gasteiger charge is 2.08. The van der Waals surface area contributed by atoms with Gasteiger partial charge in [0.2, 0.25) is 0 Å². The van der Waals surface area contributed by atoms with Crippen molar-refractivity contribution in [1.82, 2.24) is 5.43 Å². The molecule has 0 bridgehead atoms. The zero-order valence-corrected chi connectivity index (χ0v) is 12.3. The van der Waals surface area contributed by atoms with Gasteiger partial charge in [-0.25, -0.2) is 5.43 Å². The molecule has 0 aromatic heterocycles. The summed E-state index contributed by atoms with van der Waals surface area (Å²) in [7, 11) is 1.61. The van der Waals surface area contributed by atoms with Gasteiger partial charge in [0.05, 0.1) is 12.8 Å². The number of hydrazone groups is 1. The number of nitrogens with one attached hydrogen (secondary N) is 1. The molecule has 0 aliphatic carbocycles. The number of ether oxygens (including phenoxy) is 1. The van der Waals surface area contributed by atoms with E-state index >= 15 is 0 Å². The third-order valence-electron chi connectivity index (χ3n) is 2.82. The van der Waals surface area contributed by atoms with Crippen molar-refractivity contribution in [3.63, 3.8) is 0 Å². The van der Waals surface area contributed by atoms with Crippen LogP contribution >= 0.6 is 11.6 Å².